The SMILES string of the molecule is Cc1cc(C(F)(F)F)ccc1Nc1cc(-c2cc(C(N)=O)cc(N3CCNCC3)n2)ccn1. The van der Waals surface area contributed by atoms with Crippen LogP contribution in [0.5, 0.6) is 0 Å². The number of anilines is 3. The molecule has 4 N–H and O–H groups in total. The van der Waals surface area contributed by atoms with Crippen molar-refractivity contribution in [1.82, 2.24) is 15.3 Å². The molecule has 1 amide bonds. The normalized spacial score (nSPS) is 14.2. The summed E-state index contributed by atoms with van der Waals surface area (Å²) in [5.74, 6) is 0.542. The fraction of sp³-hybridized carbons (Fsp3) is 0.261. The van der Waals surface area contributed by atoms with E-state index in [-0.39, 0.29) is 0 Å². The highest BCUT2D eigenvalue weighted by molar-refractivity contribution is 5.94. The number of piperazine rings is 1. The number of nitrogens with two attached hydrogens (primary N) is 1. The lowest BCUT2D eigenvalue weighted by molar-refractivity contribution is -0.137. The van der Waals surface area contributed by atoms with Gasteiger partial charge in [0.15, 0.2) is 0 Å². The molecule has 0 bridgehead atoms. The lowest BCUT2D eigenvalue weighted by Crippen LogP contribution is -2.44. The first kappa shape index (κ1) is 22.5. The first-order valence-corrected chi connectivity index (χ1v) is 10.4. The monoisotopic (exact) mass is 456 g/mol. The van der Waals surface area contributed by atoms with E-state index in [0.717, 1.165) is 38.3 Å². The van der Waals surface area contributed by atoms with E-state index in [0.29, 0.717) is 39.7 Å². The summed E-state index contributed by atoms with van der Waals surface area (Å²) in [7, 11) is 0. The molecule has 0 aliphatic carbocycles. The minimum Gasteiger partial charge on any atom is -0.366 e. The maximum atomic E-state index is 12.9. The predicted octanol–water partition coefficient (Wildman–Crippen LogP) is 3.72. The fourth-order valence-electron chi connectivity index (χ4n) is 3.64. The van der Waals surface area contributed by atoms with Gasteiger partial charge in [0.2, 0.25) is 5.91 Å². The predicted molar refractivity (Wildman–Crippen MR) is 121 cm³/mol. The summed E-state index contributed by atoms with van der Waals surface area (Å²) in [4.78, 5) is 23.0. The third-order valence-electron chi connectivity index (χ3n) is 5.41. The van der Waals surface area contributed by atoms with Gasteiger partial charge in [0.05, 0.1) is 11.3 Å². The number of nitrogens with zero attached hydrogens (tertiary/aromatic N) is 3. The molecule has 0 atom stereocenters. The molecule has 1 aliphatic heterocycles. The maximum Gasteiger partial charge on any atom is 0.416 e. The first-order chi connectivity index (χ1) is 15.7. The van der Waals surface area contributed by atoms with E-state index in [1.165, 1.54) is 6.07 Å². The molecule has 0 saturated carbocycles. The van der Waals surface area contributed by atoms with Crippen molar-refractivity contribution in [3.05, 3.63) is 65.4 Å². The minimum atomic E-state index is -4.40. The third-order valence-corrected chi connectivity index (χ3v) is 5.41. The minimum absolute atomic E-state index is 0.346. The molecule has 2 aromatic heterocycles. The third kappa shape index (κ3) is 5.23. The largest absolute Gasteiger partial charge is 0.416 e. The van der Waals surface area contributed by atoms with E-state index in [1.807, 2.05) is 0 Å². The average molecular weight is 456 g/mol. The summed E-state index contributed by atoms with van der Waals surface area (Å²) in [5, 5.41) is 6.33. The molecule has 33 heavy (non-hydrogen) atoms. The Morgan fingerprint density at radius 3 is 2.55 bits per heavy atom. The summed E-state index contributed by atoms with van der Waals surface area (Å²) in [6.45, 7) is 4.73. The zero-order chi connectivity index (χ0) is 23.6. The van der Waals surface area contributed by atoms with E-state index < -0.39 is 17.6 Å². The van der Waals surface area contributed by atoms with Crippen LogP contribution in [0.4, 0.5) is 30.5 Å². The number of amides is 1. The molecule has 4 rings (SSSR count). The highest BCUT2D eigenvalue weighted by Gasteiger charge is 2.30. The number of halogens is 3. The summed E-state index contributed by atoms with van der Waals surface area (Å²) in [6.07, 6.45) is -2.83. The van der Waals surface area contributed by atoms with Gasteiger partial charge >= 0.3 is 6.18 Å². The van der Waals surface area contributed by atoms with E-state index in [9.17, 15) is 18.0 Å². The van der Waals surface area contributed by atoms with Gasteiger partial charge in [-0.15, -0.1) is 0 Å². The number of aryl methyl sites for hydroxylation is 1. The van der Waals surface area contributed by atoms with Crippen molar-refractivity contribution < 1.29 is 18.0 Å². The van der Waals surface area contributed by atoms with E-state index in [2.05, 4.69) is 20.5 Å². The number of rotatable bonds is 5. The molecule has 0 unspecified atom stereocenters. The second kappa shape index (κ2) is 9.07. The number of pyridine rings is 2. The van der Waals surface area contributed by atoms with Crippen molar-refractivity contribution in [3.8, 4) is 11.3 Å². The Balaban J connectivity index is 1.65. The number of alkyl halides is 3. The van der Waals surface area contributed by atoms with Gasteiger partial charge in [0, 0.05) is 49.2 Å². The lowest BCUT2D eigenvalue weighted by Gasteiger charge is -2.29. The molecule has 1 aromatic carbocycles. The zero-order valence-electron chi connectivity index (χ0n) is 17.9. The van der Waals surface area contributed by atoms with Crippen LogP contribution in [0, 0.1) is 6.92 Å². The van der Waals surface area contributed by atoms with Gasteiger partial charge in [-0.05, 0) is 55.0 Å². The molecule has 1 fully saturated rings. The lowest BCUT2D eigenvalue weighted by atomic mass is 10.1. The molecule has 3 aromatic rings. The molecule has 1 saturated heterocycles. The fourth-order valence-corrected chi connectivity index (χ4v) is 3.64. The average Bonchev–Trinajstić information content (AvgIpc) is 2.80. The summed E-state index contributed by atoms with van der Waals surface area (Å²) < 4.78 is 38.8. The van der Waals surface area contributed by atoms with Crippen LogP contribution in [-0.4, -0.2) is 42.1 Å². The zero-order valence-corrected chi connectivity index (χ0v) is 17.9. The molecule has 3 heterocycles. The number of hydrogen-bond donors (Lipinski definition) is 3. The quantitative estimate of drug-likeness (QED) is 0.542. The maximum absolute atomic E-state index is 12.9. The number of aromatic nitrogens is 2. The van der Waals surface area contributed by atoms with Crippen molar-refractivity contribution in [1.29, 1.82) is 0 Å². The van der Waals surface area contributed by atoms with E-state index >= 15 is 0 Å². The molecular weight excluding hydrogens is 433 g/mol. The van der Waals surface area contributed by atoms with Crippen LogP contribution in [-0.2, 0) is 6.18 Å². The summed E-state index contributed by atoms with van der Waals surface area (Å²) in [5.41, 5.74) is 7.37. The van der Waals surface area contributed by atoms with Crippen molar-refractivity contribution in [2.45, 2.75) is 13.1 Å². The number of carbonyl (C=O) groups is 1. The molecular formula is C23H23F3N6O. The Bertz CT molecular complexity index is 1180. The van der Waals surface area contributed by atoms with Crippen LogP contribution in [0.3, 0.4) is 0 Å². The van der Waals surface area contributed by atoms with Gasteiger partial charge in [-0.1, -0.05) is 0 Å². The Hall–Kier alpha value is -3.66. The van der Waals surface area contributed by atoms with Crippen LogP contribution in [0.1, 0.15) is 21.5 Å². The van der Waals surface area contributed by atoms with Gasteiger partial charge in [-0.2, -0.15) is 13.2 Å². The number of benzene rings is 1. The number of primary amides is 1. The second-order valence-corrected chi connectivity index (χ2v) is 7.78. The van der Waals surface area contributed by atoms with Gasteiger partial charge in [0.25, 0.3) is 0 Å². The molecule has 1 aliphatic rings. The molecule has 10 heteroatoms. The van der Waals surface area contributed by atoms with Gasteiger partial charge in [-0.25, -0.2) is 9.97 Å². The van der Waals surface area contributed by atoms with Gasteiger partial charge in [0.1, 0.15) is 11.6 Å². The first-order valence-electron chi connectivity index (χ1n) is 10.4. The van der Waals surface area contributed by atoms with Crippen LogP contribution in [0.25, 0.3) is 11.3 Å². The Morgan fingerprint density at radius 2 is 1.88 bits per heavy atom. The van der Waals surface area contributed by atoms with Crippen molar-refractivity contribution >= 4 is 23.2 Å². The summed E-state index contributed by atoms with van der Waals surface area (Å²) >= 11 is 0. The topological polar surface area (TPSA) is 96.2 Å². The molecule has 172 valence electrons. The molecule has 0 spiro atoms. The van der Waals surface area contributed by atoms with E-state index in [1.54, 1.807) is 37.4 Å². The van der Waals surface area contributed by atoms with Gasteiger partial charge in [-0.3, -0.25) is 4.79 Å². The van der Waals surface area contributed by atoms with Crippen molar-refractivity contribution in [2.75, 3.05) is 36.4 Å². The highest BCUT2D eigenvalue weighted by Crippen LogP contribution is 2.32. The summed E-state index contributed by atoms with van der Waals surface area (Å²) in [6, 6.07) is 10.3. The number of hydrogen-bond acceptors (Lipinski definition) is 6. The second-order valence-electron chi connectivity index (χ2n) is 7.78. The van der Waals surface area contributed by atoms with Crippen molar-refractivity contribution in [2.24, 2.45) is 5.73 Å². The standard InChI is InChI=1S/C23H23F3N6O/c1-14-10-17(23(24,25)26)2-3-18(14)30-20-12-15(4-5-29-20)19-11-16(22(27)33)13-21(31-19)32-8-6-28-7-9-32/h2-5,10-13,28H,6-9H2,1H3,(H2,27,33)(H,29,30). The highest BCUT2D eigenvalue weighted by atomic mass is 19.4. The molecule has 0 radical (unpaired) electrons. The van der Waals surface area contributed by atoms with Crippen LogP contribution >= 0.6 is 0 Å². The Kier molecular flexibility index (Phi) is 6.19. The van der Waals surface area contributed by atoms with Crippen LogP contribution in [0.2, 0.25) is 0 Å². The smallest absolute Gasteiger partial charge is 0.366 e. The Morgan fingerprint density at radius 1 is 1.12 bits per heavy atom. The van der Waals surface area contributed by atoms with Crippen molar-refractivity contribution in [3.63, 3.8) is 0 Å². The number of carbonyl (C=O) groups excluding carboxylic acids is 1. The van der Waals surface area contributed by atoms with Crippen LogP contribution < -0.4 is 21.3 Å². The number of nitrogens with one attached hydrogen (secondary N) is 2. The molecule has 7 nitrogen and oxygen atoms in total. The van der Waals surface area contributed by atoms with Gasteiger partial charge < -0.3 is 21.3 Å². The van der Waals surface area contributed by atoms with E-state index in [4.69, 9.17) is 10.7 Å². The van der Waals surface area contributed by atoms with Crippen LogP contribution in [0.15, 0.2) is 48.7 Å². The Labute approximate surface area is 188 Å².